The Morgan fingerprint density at radius 3 is 2.65 bits per heavy atom. The number of hydrogen-bond donors (Lipinski definition) is 1. The number of alkyl halides is 2. The third-order valence-corrected chi connectivity index (χ3v) is 3.31. The van der Waals surface area contributed by atoms with E-state index in [2.05, 4.69) is 20.0 Å². The molecule has 0 saturated carbocycles. The van der Waals surface area contributed by atoms with Crippen LogP contribution in [0.25, 0.3) is 10.9 Å². The van der Waals surface area contributed by atoms with Gasteiger partial charge in [-0.05, 0) is 30.3 Å². The zero-order chi connectivity index (χ0) is 16.4. The van der Waals surface area contributed by atoms with E-state index in [4.69, 9.17) is 11.6 Å². The van der Waals surface area contributed by atoms with Crippen LogP contribution in [0.3, 0.4) is 0 Å². The predicted octanol–water partition coefficient (Wildman–Crippen LogP) is 4.77. The highest BCUT2D eigenvalue weighted by molar-refractivity contribution is 6.31. The summed E-state index contributed by atoms with van der Waals surface area (Å²) in [5, 5.41) is 3.55. The van der Waals surface area contributed by atoms with Gasteiger partial charge in [-0.25, -0.2) is 14.4 Å². The van der Waals surface area contributed by atoms with Crippen molar-refractivity contribution in [3.63, 3.8) is 0 Å². The minimum absolute atomic E-state index is 0.00183. The molecule has 0 saturated heterocycles. The van der Waals surface area contributed by atoms with Gasteiger partial charge in [-0.1, -0.05) is 11.6 Å². The molecule has 0 unspecified atom stereocenters. The second kappa shape index (κ2) is 6.29. The third-order valence-electron chi connectivity index (χ3n) is 3.02. The van der Waals surface area contributed by atoms with Gasteiger partial charge in [0.15, 0.2) is 0 Å². The van der Waals surface area contributed by atoms with Crippen molar-refractivity contribution in [2.45, 2.75) is 6.61 Å². The van der Waals surface area contributed by atoms with Crippen LogP contribution >= 0.6 is 11.6 Å². The zero-order valence-corrected chi connectivity index (χ0v) is 12.2. The van der Waals surface area contributed by atoms with Crippen LogP contribution < -0.4 is 10.1 Å². The van der Waals surface area contributed by atoms with Gasteiger partial charge in [-0.15, -0.1) is 0 Å². The minimum Gasteiger partial charge on any atom is -0.435 e. The van der Waals surface area contributed by atoms with Crippen molar-refractivity contribution < 1.29 is 17.9 Å². The molecule has 0 radical (unpaired) electrons. The highest BCUT2D eigenvalue weighted by Gasteiger charge is 2.09. The summed E-state index contributed by atoms with van der Waals surface area (Å²) in [6, 6.07) is 8.47. The van der Waals surface area contributed by atoms with E-state index in [1.54, 1.807) is 6.07 Å². The predicted molar refractivity (Wildman–Crippen MR) is 80.9 cm³/mol. The fourth-order valence-electron chi connectivity index (χ4n) is 2.02. The van der Waals surface area contributed by atoms with Crippen LogP contribution in [0.4, 0.5) is 24.7 Å². The lowest BCUT2D eigenvalue weighted by Crippen LogP contribution is -2.02. The number of rotatable bonds is 4. The Kier molecular flexibility index (Phi) is 4.20. The first kappa shape index (κ1) is 15.4. The zero-order valence-electron chi connectivity index (χ0n) is 11.4. The van der Waals surface area contributed by atoms with Crippen molar-refractivity contribution in [3.05, 3.63) is 53.6 Å². The molecule has 23 heavy (non-hydrogen) atoms. The first-order chi connectivity index (χ1) is 11.0. The smallest absolute Gasteiger partial charge is 0.387 e. The number of ether oxygens (including phenoxy) is 1. The molecule has 0 aliphatic carbocycles. The van der Waals surface area contributed by atoms with Crippen LogP contribution in [0.5, 0.6) is 5.75 Å². The second-order valence-electron chi connectivity index (χ2n) is 4.53. The molecule has 0 aliphatic heterocycles. The topological polar surface area (TPSA) is 47.0 Å². The molecule has 0 amide bonds. The summed E-state index contributed by atoms with van der Waals surface area (Å²) in [4.78, 5) is 8.12. The molecule has 0 fully saturated rings. The maximum atomic E-state index is 13.2. The first-order valence-electron chi connectivity index (χ1n) is 6.44. The maximum Gasteiger partial charge on any atom is 0.387 e. The third kappa shape index (κ3) is 3.45. The van der Waals surface area contributed by atoms with Gasteiger partial charge in [0.2, 0.25) is 0 Å². The number of aromatic nitrogens is 2. The second-order valence-corrected chi connectivity index (χ2v) is 4.94. The Bertz CT molecular complexity index is 860. The molecule has 0 spiro atoms. The number of nitrogens with one attached hydrogen (secondary N) is 1. The van der Waals surface area contributed by atoms with Gasteiger partial charge in [-0.2, -0.15) is 8.78 Å². The molecule has 3 aromatic rings. The van der Waals surface area contributed by atoms with E-state index in [1.165, 1.54) is 36.7 Å². The van der Waals surface area contributed by atoms with E-state index >= 15 is 0 Å². The summed E-state index contributed by atoms with van der Waals surface area (Å²) in [6.07, 6.45) is 1.28. The Morgan fingerprint density at radius 2 is 1.91 bits per heavy atom. The number of anilines is 2. The highest BCUT2D eigenvalue weighted by Crippen LogP contribution is 2.28. The van der Waals surface area contributed by atoms with Crippen molar-refractivity contribution >= 4 is 34.0 Å². The number of hydrogen-bond acceptors (Lipinski definition) is 4. The van der Waals surface area contributed by atoms with Gasteiger partial charge in [0.05, 0.1) is 10.5 Å². The molecule has 0 atom stereocenters. The first-order valence-corrected chi connectivity index (χ1v) is 6.82. The van der Waals surface area contributed by atoms with E-state index in [1.807, 2.05) is 0 Å². The van der Waals surface area contributed by atoms with Crippen molar-refractivity contribution in [2.24, 2.45) is 0 Å². The van der Waals surface area contributed by atoms with Crippen LogP contribution in [0, 0.1) is 5.82 Å². The summed E-state index contributed by atoms with van der Waals surface area (Å²) < 4.78 is 42.0. The summed E-state index contributed by atoms with van der Waals surface area (Å²) >= 11 is 5.73. The molecular weight excluding hydrogens is 331 g/mol. The molecule has 0 aliphatic rings. The van der Waals surface area contributed by atoms with Crippen LogP contribution in [-0.2, 0) is 0 Å². The lowest BCUT2D eigenvalue weighted by molar-refractivity contribution is -0.0497. The Labute approximate surface area is 133 Å². The Morgan fingerprint density at radius 1 is 1.09 bits per heavy atom. The largest absolute Gasteiger partial charge is 0.435 e. The van der Waals surface area contributed by atoms with Crippen molar-refractivity contribution in [1.82, 2.24) is 9.97 Å². The van der Waals surface area contributed by atoms with Crippen molar-refractivity contribution in [3.8, 4) is 5.75 Å². The quantitative estimate of drug-likeness (QED) is 0.744. The lowest BCUT2D eigenvalue weighted by Gasteiger charge is -2.10. The highest BCUT2D eigenvalue weighted by atomic mass is 35.5. The van der Waals surface area contributed by atoms with Gasteiger partial charge in [-0.3, -0.25) is 0 Å². The normalized spacial score (nSPS) is 11.0. The average Bonchev–Trinajstić information content (AvgIpc) is 2.50. The Balaban J connectivity index is 1.95. The molecule has 3 rings (SSSR count). The van der Waals surface area contributed by atoms with E-state index < -0.39 is 12.4 Å². The summed E-state index contributed by atoms with van der Waals surface area (Å²) in [5.41, 5.74) is 0.957. The van der Waals surface area contributed by atoms with E-state index in [-0.39, 0.29) is 10.8 Å². The van der Waals surface area contributed by atoms with Crippen LogP contribution in [0.15, 0.2) is 42.7 Å². The van der Waals surface area contributed by atoms with Gasteiger partial charge >= 0.3 is 6.61 Å². The molecule has 4 nitrogen and oxygen atoms in total. The standard InChI is InChI=1S/C15H9ClF3N3O/c16-11-5-8(1-4-12(11)17)22-14-10-3-2-9(23-15(18)19)6-13(10)20-7-21-14/h1-7,15H,(H,20,21,22). The van der Waals surface area contributed by atoms with Gasteiger partial charge < -0.3 is 10.1 Å². The molecular formula is C15H9ClF3N3O. The van der Waals surface area contributed by atoms with Crippen LogP contribution in [0.2, 0.25) is 5.02 Å². The fourth-order valence-corrected chi connectivity index (χ4v) is 2.20. The number of fused-ring (bicyclic) bond motifs is 1. The minimum atomic E-state index is -2.91. The molecule has 2 aromatic carbocycles. The monoisotopic (exact) mass is 339 g/mol. The summed E-state index contributed by atoms with van der Waals surface area (Å²) in [7, 11) is 0. The van der Waals surface area contributed by atoms with E-state index in [0.29, 0.717) is 22.4 Å². The van der Waals surface area contributed by atoms with Crippen molar-refractivity contribution in [1.29, 1.82) is 0 Å². The molecule has 0 bridgehead atoms. The van der Waals surface area contributed by atoms with E-state index in [0.717, 1.165) is 0 Å². The molecule has 1 aromatic heterocycles. The SMILES string of the molecule is Fc1ccc(Nc2ncnc3cc(OC(F)F)ccc23)cc1Cl. The summed E-state index contributed by atoms with van der Waals surface area (Å²) in [6.45, 7) is -2.91. The number of halogens is 4. The molecule has 8 heteroatoms. The number of nitrogens with zero attached hydrogens (tertiary/aromatic N) is 2. The van der Waals surface area contributed by atoms with E-state index in [9.17, 15) is 13.2 Å². The number of benzene rings is 2. The average molecular weight is 340 g/mol. The fraction of sp³-hybridized carbons (Fsp3) is 0.0667. The lowest BCUT2D eigenvalue weighted by atomic mass is 10.2. The van der Waals surface area contributed by atoms with Gasteiger partial charge in [0.1, 0.15) is 23.7 Å². The molecule has 1 heterocycles. The van der Waals surface area contributed by atoms with Gasteiger partial charge in [0.25, 0.3) is 0 Å². The Hall–Kier alpha value is -2.54. The van der Waals surface area contributed by atoms with Crippen LogP contribution in [0.1, 0.15) is 0 Å². The molecule has 118 valence electrons. The summed E-state index contributed by atoms with van der Waals surface area (Å²) in [5.74, 6) is -0.0956. The molecule has 1 N–H and O–H groups in total. The van der Waals surface area contributed by atoms with Crippen LogP contribution in [-0.4, -0.2) is 16.6 Å². The maximum absolute atomic E-state index is 13.2. The van der Waals surface area contributed by atoms with Crippen molar-refractivity contribution in [2.75, 3.05) is 5.32 Å². The van der Waals surface area contributed by atoms with Gasteiger partial charge in [0, 0.05) is 17.1 Å².